The fourth-order valence-electron chi connectivity index (χ4n) is 1.01. The van der Waals surface area contributed by atoms with Gasteiger partial charge in [-0.1, -0.05) is 0 Å². The smallest absolute Gasteiger partial charge is 0.390 e. The normalized spacial score (nSPS) is 11.7. The van der Waals surface area contributed by atoms with Crippen molar-refractivity contribution < 1.29 is 23.1 Å². The van der Waals surface area contributed by atoms with Gasteiger partial charge >= 0.3 is 17.8 Å². The monoisotopic (exact) mass is 239 g/mol. The molecule has 0 unspecified atom stereocenters. The zero-order chi connectivity index (χ0) is 12.3. The van der Waals surface area contributed by atoms with E-state index in [-0.39, 0.29) is 0 Å². The molecule has 0 aliphatic carbocycles. The van der Waals surface area contributed by atoms with Crippen LogP contribution in [0, 0.1) is 0 Å². The molecule has 0 aliphatic rings. The van der Waals surface area contributed by atoms with Crippen LogP contribution in [0.4, 0.5) is 13.2 Å². The highest BCUT2D eigenvalue weighted by molar-refractivity contribution is 5.66. The molecule has 0 spiro atoms. The molecule has 6 nitrogen and oxygen atoms in total. The predicted molar refractivity (Wildman–Crippen MR) is 44.8 cm³/mol. The molecule has 0 fully saturated rings. The van der Waals surface area contributed by atoms with E-state index in [1.54, 1.807) is 0 Å². The van der Waals surface area contributed by atoms with Crippen LogP contribution in [0.15, 0.2) is 11.1 Å². The van der Waals surface area contributed by atoms with E-state index in [4.69, 9.17) is 5.11 Å². The number of hydrogen-bond acceptors (Lipinski definition) is 3. The second-order valence-corrected chi connectivity index (χ2v) is 3.02. The molecule has 9 heteroatoms. The summed E-state index contributed by atoms with van der Waals surface area (Å²) in [7, 11) is 0. The second-order valence-electron chi connectivity index (χ2n) is 3.02. The number of hydrogen-bond donors (Lipinski definition) is 1. The van der Waals surface area contributed by atoms with E-state index < -0.39 is 37.3 Å². The van der Waals surface area contributed by atoms with E-state index in [2.05, 4.69) is 5.10 Å². The molecule has 0 aromatic carbocycles. The van der Waals surface area contributed by atoms with Gasteiger partial charge in [0.15, 0.2) is 0 Å². The van der Waals surface area contributed by atoms with Crippen molar-refractivity contribution in [3.63, 3.8) is 0 Å². The summed E-state index contributed by atoms with van der Waals surface area (Å²) in [5.41, 5.74) is -0.869. The highest BCUT2D eigenvalue weighted by atomic mass is 19.4. The first-order chi connectivity index (χ1) is 7.29. The predicted octanol–water partition coefficient (Wildman–Crippen LogP) is 0.0818. The van der Waals surface area contributed by atoms with Crippen LogP contribution in [0.3, 0.4) is 0 Å². The van der Waals surface area contributed by atoms with Crippen LogP contribution in [0.25, 0.3) is 0 Å². The van der Waals surface area contributed by atoms with E-state index in [1.165, 1.54) is 0 Å². The molecule has 1 aromatic rings. The first kappa shape index (κ1) is 12.3. The van der Waals surface area contributed by atoms with Gasteiger partial charge in [-0.25, -0.2) is 9.48 Å². The van der Waals surface area contributed by atoms with Gasteiger partial charge in [0.1, 0.15) is 12.9 Å². The number of carbonyl (C=O) groups is 1. The van der Waals surface area contributed by atoms with E-state index >= 15 is 0 Å². The zero-order valence-corrected chi connectivity index (χ0v) is 7.94. The highest BCUT2D eigenvalue weighted by Gasteiger charge is 2.27. The number of carboxylic acids is 1. The average molecular weight is 239 g/mol. The fourth-order valence-corrected chi connectivity index (χ4v) is 1.01. The van der Waals surface area contributed by atoms with Gasteiger partial charge in [0.2, 0.25) is 0 Å². The molecule has 0 radical (unpaired) electrons. The molecule has 0 aliphatic heterocycles. The standard InChI is InChI=1S/C7H8F3N3O3/c8-7(9,10)1-2-12-4-11-13(6(12)16)3-5(14)15/h4H,1-3H2,(H,14,15). The number of rotatable bonds is 4. The Labute approximate surface area is 86.9 Å². The lowest BCUT2D eigenvalue weighted by Gasteiger charge is -2.04. The SMILES string of the molecule is O=C(O)Cn1ncn(CCC(F)(F)F)c1=O. The second kappa shape index (κ2) is 4.37. The van der Waals surface area contributed by atoms with E-state index in [9.17, 15) is 22.8 Å². The first-order valence-electron chi connectivity index (χ1n) is 4.20. The van der Waals surface area contributed by atoms with Gasteiger partial charge in [0.25, 0.3) is 0 Å². The molecule has 1 rings (SSSR count). The lowest BCUT2D eigenvalue weighted by Crippen LogP contribution is -2.28. The van der Waals surface area contributed by atoms with Crippen LogP contribution in [0.5, 0.6) is 0 Å². The van der Waals surface area contributed by atoms with Crippen molar-refractivity contribution in [3.05, 3.63) is 16.8 Å². The van der Waals surface area contributed by atoms with Crippen LogP contribution < -0.4 is 5.69 Å². The highest BCUT2D eigenvalue weighted by Crippen LogP contribution is 2.19. The van der Waals surface area contributed by atoms with Crippen molar-refractivity contribution in [1.29, 1.82) is 0 Å². The number of halogens is 3. The van der Waals surface area contributed by atoms with E-state index in [0.29, 0.717) is 4.68 Å². The zero-order valence-electron chi connectivity index (χ0n) is 7.94. The Morgan fingerprint density at radius 3 is 2.62 bits per heavy atom. The van der Waals surface area contributed by atoms with Gasteiger partial charge in [-0.05, 0) is 0 Å². The topological polar surface area (TPSA) is 77.1 Å². The molecular formula is C7H8F3N3O3. The van der Waals surface area contributed by atoms with Gasteiger partial charge in [0, 0.05) is 6.54 Å². The Morgan fingerprint density at radius 1 is 1.50 bits per heavy atom. The summed E-state index contributed by atoms with van der Waals surface area (Å²) in [6.07, 6.45) is -4.64. The molecule has 0 amide bonds. The lowest BCUT2D eigenvalue weighted by molar-refractivity contribution is -0.138. The van der Waals surface area contributed by atoms with Gasteiger partial charge in [0.05, 0.1) is 6.42 Å². The van der Waals surface area contributed by atoms with Gasteiger partial charge in [-0.15, -0.1) is 0 Å². The van der Waals surface area contributed by atoms with Crippen LogP contribution in [0.1, 0.15) is 6.42 Å². The number of aryl methyl sites for hydroxylation is 1. The Bertz CT molecular complexity index is 434. The van der Waals surface area contributed by atoms with E-state index in [1.807, 2.05) is 0 Å². The van der Waals surface area contributed by atoms with Gasteiger partial charge in [-0.2, -0.15) is 18.3 Å². The Balaban J connectivity index is 2.73. The third-order valence-corrected chi connectivity index (χ3v) is 1.72. The van der Waals surface area contributed by atoms with Crippen molar-refractivity contribution in [1.82, 2.24) is 14.3 Å². The third kappa shape index (κ3) is 3.41. The third-order valence-electron chi connectivity index (χ3n) is 1.72. The van der Waals surface area contributed by atoms with Crippen LogP contribution in [-0.2, 0) is 17.9 Å². The van der Waals surface area contributed by atoms with E-state index in [0.717, 1.165) is 10.9 Å². The number of carboxylic acid groups (broad SMARTS) is 1. The first-order valence-corrected chi connectivity index (χ1v) is 4.20. The number of alkyl halides is 3. The maximum absolute atomic E-state index is 11.9. The van der Waals surface area contributed by atoms with Crippen molar-refractivity contribution in [2.24, 2.45) is 0 Å². The van der Waals surface area contributed by atoms with Gasteiger partial charge in [-0.3, -0.25) is 9.36 Å². The molecule has 1 N–H and O–H groups in total. The summed E-state index contributed by atoms with van der Waals surface area (Å²) in [4.78, 5) is 21.5. The number of aliphatic carboxylic acids is 1. The average Bonchev–Trinajstić information content (AvgIpc) is 2.43. The molecule has 1 aromatic heterocycles. The molecule has 0 saturated carbocycles. The van der Waals surface area contributed by atoms with Crippen molar-refractivity contribution in [2.45, 2.75) is 25.7 Å². The molecule has 0 atom stereocenters. The number of nitrogens with zero attached hydrogens (tertiary/aromatic N) is 3. The van der Waals surface area contributed by atoms with Crippen LogP contribution >= 0.6 is 0 Å². The van der Waals surface area contributed by atoms with Crippen LogP contribution in [-0.4, -0.2) is 31.6 Å². The fraction of sp³-hybridized carbons (Fsp3) is 0.571. The van der Waals surface area contributed by atoms with Gasteiger partial charge < -0.3 is 5.11 Å². The van der Waals surface area contributed by atoms with Crippen molar-refractivity contribution in [2.75, 3.05) is 0 Å². The van der Waals surface area contributed by atoms with Crippen molar-refractivity contribution >= 4 is 5.97 Å². The molecular weight excluding hydrogens is 231 g/mol. The molecule has 0 saturated heterocycles. The Morgan fingerprint density at radius 2 is 2.12 bits per heavy atom. The minimum absolute atomic E-state index is 0.568. The summed E-state index contributed by atoms with van der Waals surface area (Å²) in [6.45, 7) is -1.24. The minimum atomic E-state index is -4.37. The minimum Gasteiger partial charge on any atom is -0.480 e. The van der Waals surface area contributed by atoms with Crippen LogP contribution in [0.2, 0.25) is 0 Å². The maximum atomic E-state index is 11.9. The molecule has 16 heavy (non-hydrogen) atoms. The number of aromatic nitrogens is 3. The summed E-state index contributed by atoms with van der Waals surface area (Å²) >= 11 is 0. The summed E-state index contributed by atoms with van der Waals surface area (Å²) in [5, 5.41) is 11.7. The largest absolute Gasteiger partial charge is 0.480 e. The summed E-state index contributed by atoms with van der Waals surface area (Å²) in [6, 6.07) is 0. The Kier molecular flexibility index (Phi) is 3.35. The summed E-state index contributed by atoms with van der Waals surface area (Å²) < 4.78 is 36.9. The Hall–Kier alpha value is -1.80. The molecule has 0 bridgehead atoms. The van der Waals surface area contributed by atoms with Crippen molar-refractivity contribution in [3.8, 4) is 0 Å². The lowest BCUT2D eigenvalue weighted by atomic mass is 10.4. The molecule has 90 valence electrons. The molecule has 1 heterocycles. The quantitative estimate of drug-likeness (QED) is 0.807. The maximum Gasteiger partial charge on any atom is 0.390 e. The summed E-state index contributed by atoms with van der Waals surface area (Å²) in [5.74, 6) is -1.29.